The first-order chi connectivity index (χ1) is 7.67. The molecule has 0 N–H and O–H groups in total. The van der Waals surface area contributed by atoms with Crippen LogP contribution in [0.5, 0.6) is 5.75 Å². The normalized spacial score (nSPS) is 10.8. The third-order valence-corrected chi connectivity index (χ3v) is 3.15. The Kier molecular flexibility index (Phi) is 6.00. The summed E-state index contributed by atoms with van der Waals surface area (Å²) >= 11 is 11.8. The third kappa shape index (κ3) is 4.23. The Morgan fingerprint density at radius 3 is 2.19 bits per heavy atom. The van der Waals surface area contributed by atoms with E-state index in [1.807, 2.05) is 6.07 Å². The first-order valence-electron chi connectivity index (χ1n) is 5.79. The van der Waals surface area contributed by atoms with Crippen LogP contribution in [-0.2, 0) is 0 Å². The van der Waals surface area contributed by atoms with Crippen LogP contribution < -0.4 is 4.74 Å². The molecule has 0 aliphatic rings. The monoisotopic (exact) mass is 260 g/mol. The number of benzene rings is 1. The van der Waals surface area contributed by atoms with E-state index >= 15 is 0 Å². The number of hydrogen-bond donors (Lipinski definition) is 0. The second kappa shape index (κ2) is 7.03. The molecule has 0 spiro atoms. The maximum Gasteiger partial charge on any atom is 0.121 e. The first kappa shape index (κ1) is 13.7. The topological polar surface area (TPSA) is 9.23 Å². The smallest absolute Gasteiger partial charge is 0.121 e. The predicted octanol–water partition coefficient (Wildman–Crippen LogP) is 5.34. The zero-order chi connectivity index (χ0) is 12.0. The van der Waals surface area contributed by atoms with Gasteiger partial charge < -0.3 is 4.74 Å². The van der Waals surface area contributed by atoms with Crippen LogP contribution in [0.15, 0.2) is 18.2 Å². The van der Waals surface area contributed by atoms with Crippen molar-refractivity contribution >= 4 is 23.2 Å². The molecule has 0 aliphatic carbocycles. The van der Waals surface area contributed by atoms with Gasteiger partial charge in [0.15, 0.2) is 0 Å². The van der Waals surface area contributed by atoms with Crippen molar-refractivity contribution in [3.05, 3.63) is 28.2 Å². The van der Waals surface area contributed by atoms with Crippen LogP contribution in [0.3, 0.4) is 0 Å². The molecule has 0 bridgehead atoms. The molecule has 0 aromatic heterocycles. The van der Waals surface area contributed by atoms with E-state index in [0.717, 1.165) is 31.4 Å². The molecule has 3 heteroatoms. The van der Waals surface area contributed by atoms with Gasteiger partial charge in [-0.1, -0.05) is 49.9 Å². The van der Waals surface area contributed by atoms with Gasteiger partial charge in [-0.05, 0) is 25.0 Å². The molecule has 0 saturated heterocycles. The predicted molar refractivity (Wildman–Crippen MR) is 70.7 cm³/mol. The Bertz CT molecular complexity index is 320. The van der Waals surface area contributed by atoms with E-state index in [9.17, 15) is 0 Å². The Labute approximate surface area is 108 Å². The van der Waals surface area contributed by atoms with Gasteiger partial charge in [-0.2, -0.15) is 0 Å². The number of rotatable bonds is 6. The minimum Gasteiger partial charge on any atom is -0.490 e. The number of hydrogen-bond acceptors (Lipinski definition) is 1. The molecule has 1 aromatic carbocycles. The van der Waals surface area contributed by atoms with Gasteiger partial charge in [-0.25, -0.2) is 0 Å². The largest absolute Gasteiger partial charge is 0.490 e. The molecule has 1 rings (SSSR count). The Balaban J connectivity index is 2.65. The summed E-state index contributed by atoms with van der Waals surface area (Å²) in [6.07, 6.45) is 4.70. The van der Waals surface area contributed by atoms with Crippen molar-refractivity contribution in [2.45, 2.75) is 45.6 Å². The second-order valence-corrected chi connectivity index (χ2v) is 4.71. The van der Waals surface area contributed by atoms with E-state index < -0.39 is 0 Å². The summed E-state index contributed by atoms with van der Waals surface area (Å²) in [5.41, 5.74) is 0. The molecule has 0 heterocycles. The summed E-state index contributed by atoms with van der Waals surface area (Å²) < 4.78 is 5.89. The number of halogens is 2. The third-order valence-electron chi connectivity index (χ3n) is 2.42. The average molecular weight is 261 g/mol. The Morgan fingerprint density at radius 2 is 1.69 bits per heavy atom. The van der Waals surface area contributed by atoms with Crippen LogP contribution in [0.1, 0.15) is 39.5 Å². The summed E-state index contributed by atoms with van der Waals surface area (Å²) in [5.74, 6) is 0.807. The van der Waals surface area contributed by atoms with Gasteiger partial charge in [0, 0.05) is 6.07 Å². The van der Waals surface area contributed by atoms with Crippen LogP contribution in [0.2, 0.25) is 10.0 Å². The van der Waals surface area contributed by atoms with E-state index in [2.05, 4.69) is 13.8 Å². The highest BCUT2D eigenvalue weighted by Crippen LogP contribution is 2.27. The second-order valence-electron chi connectivity index (χ2n) is 3.89. The highest BCUT2D eigenvalue weighted by atomic mass is 35.5. The van der Waals surface area contributed by atoms with Crippen LogP contribution in [0.25, 0.3) is 0 Å². The SMILES string of the molecule is CCCC(CCC)Oc1ccc(Cl)c(Cl)c1. The number of ether oxygens (including phenoxy) is 1. The average Bonchev–Trinajstić information content (AvgIpc) is 2.24. The molecular formula is C13H18Cl2O. The van der Waals surface area contributed by atoms with Crippen LogP contribution >= 0.6 is 23.2 Å². The van der Waals surface area contributed by atoms with Gasteiger partial charge in [-0.15, -0.1) is 0 Å². The van der Waals surface area contributed by atoms with E-state index in [1.54, 1.807) is 12.1 Å². The summed E-state index contributed by atoms with van der Waals surface area (Å²) in [5, 5.41) is 1.11. The first-order valence-corrected chi connectivity index (χ1v) is 6.54. The minimum absolute atomic E-state index is 0.284. The van der Waals surface area contributed by atoms with E-state index in [0.29, 0.717) is 10.0 Å². The highest BCUT2D eigenvalue weighted by molar-refractivity contribution is 6.42. The van der Waals surface area contributed by atoms with Gasteiger partial charge in [0.1, 0.15) is 5.75 Å². The molecule has 16 heavy (non-hydrogen) atoms. The van der Waals surface area contributed by atoms with Crippen molar-refractivity contribution in [3.8, 4) is 5.75 Å². The lowest BCUT2D eigenvalue weighted by Gasteiger charge is -2.18. The van der Waals surface area contributed by atoms with Gasteiger partial charge in [-0.3, -0.25) is 0 Å². The van der Waals surface area contributed by atoms with Crippen LogP contribution in [-0.4, -0.2) is 6.10 Å². The van der Waals surface area contributed by atoms with Gasteiger partial charge in [0.2, 0.25) is 0 Å². The van der Waals surface area contributed by atoms with Crippen LogP contribution in [0.4, 0.5) is 0 Å². The fourth-order valence-corrected chi connectivity index (χ4v) is 1.94. The molecule has 0 unspecified atom stereocenters. The van der Waals surface area contributed by atoms with Crippen molar-refractivity contribution in [2.75, 3.05) is 0 Å². The van der Waals surface area contributed by atoms with Crippen molar-refractivity contribution < 1.29 is 4.74 Å². The molecule has 0 amide bonds. The molecule has 1 nitrogen and oxygen atoms in total. The van der Waals surface area contributed by atoms with Crippen molar-refractivity contribution in [3.63, 3.8) is 0 Å². The molecule has 0 fully saturated rings. The molecule has 0 saturated carbocycles. The fourth-order valence-electron chi connectivity index (χ4n) is 1.65. The Morgan fingerprint density at radius 1 is 1.06 bits per heavy atom. The van der Waals surface area contributed by atoms with Gasteiger partial charge >= 0.3 is 0 Å². The molecule has 1 aromatic rings. The molecule has 0 radical (unpaired) electrons. The summed E-state index contributed by atoms with van der Waals surface area (Å²) in [6, 6.07) is 5.42. The molecular weight excluding hydrogens is 243 g/mol. The lowest BCUT2D eigenvalue weighted by molar-refractivity contribution is 0.179. The summed E-state index contributed by atoms with van der Waals surface area (Å²) in [6.45, 7) is 4.34. The fraction of sp³-hybridized carbons (Fsp3) is 0.538. The lowest BCUT2D eigenvalue weighted by Crippen LogP contribution is -2.15. The van der Waals surface area contributed by atoms with E-state index in [4.69, 9.17) is 27.9 Å². The Hall–Kier alpha value is -0.400. The van der Waals surface area contributed by atoms with E-state index in [-0.39, 0.29) is 6.10 Å². The maximum absolute atomic E-state index is 5.94. The summed E-state index contributed by atoms with van der Waals surface area (Å²) in [4.78, 5) is 0. The zero-order valence-corrected chi connectivity index (χ0v) is 11.3. The maximum atomic E-state index is 5.94. The van der Waals surface area contributed by atoms with Gasteiger partial charge in [0.05, 0.1) is 16.1 Å². The zero-order valence-electron chi connectivity index (χ0n) is 9.80. The molecule has 90 valence electrons. The minimum atomic E-state index is 0.284. The molecule has 0 aliphatic heterocycles. The summed E-state index contributed by atoms with van der Waals surface area (Å²) in [7, 11) is 0. The lowest BCUT2D eigenvalue weighted by atomic mass is 10.1. The highest BCUT2D eigenvalue weighted by Gasteiger charge is 2.09. The molecule has 0 atom stereocenters. The quantitative estimate of drug-likeness (QED) is 0.671. The standard InChI is InChI=1S/C13H18Cl2O/c1-3-5-10(6-4-2)16-11-7-8-12(14)13(15)9-11/h7-10H,3-6H2,1-2H3. The van der Waals surface area contributed by atoms with Crippen LogP contribution in [0, 0.1) is 0 Å². The van der Waals surface area contributed by atoms with Gasteiger partial charge in [0.25, 0.3) is 0 Å². The van der Waals surface area contributed by atoms with Crippen molar-refractivity contribution in [1.82, 2.24) is 0 Å². The van der Waals surface area contributed by atoms with Crippen molar-refractivity contribution in [2.24, 2.45) is 0 Å². The van der Waals surface area contributed by atoms with Crippen molar-refractivity contribution in [1.29, 1.82) is 0 Å². The van der Waals surface area contributed by atoms with E-state index in [1.165, 1.54) is 0 Å².